The van der Waals surface area contributed by atoms with Crippen LogP contribution in [0.25, 0.3) is 10.9 Å². The number of hydrogen-bond acceptors (Lipinski definition) is 2. The average Bonchev–Trinajstić information content (AvgIpc) is 2.54. The molecule has 3 heteroatoms. The maximum atomic E-state index is 13.2. The summed E-state index contributed by atoms with van der Waals surface area (Å²) in [6.07, 6.45) is 5.51. The Morgan fingerprint density at radius 1 is 1.12 bits per heavy atom. The van der Waals surface area contributed by atoms with Crippen molar-refractivity contribution >= 4 is 16.6 Å². The fourth-order valence-corrected chi connectivity index (χ4v) is 2.61. The minimum atomic E-state index is -0.252. The summed E-state index contributed by atoms with van der Waals surface area (Å²) in [5, 5.41) is 0.882. The molecule has 1 heterocycles. The predicted molar refractivity (Wildman–Crippen MR) is 67.4 cm³/mol. The van der Waals surface area contributed by atoms with Crippen LogP contribution in [-0.2, 0) is 12.8 Å². The number of nitrogen functional groups attached to an aromatic ring is 1. The Labute approximate surface area is 99.7 Å². The van der Waals surface area contributed by atoms with Gasteiger partial charge in [-0.2, -0.15) is 0 Å². The van der Waals surface area contributed by atoms with Crippen LogP contribution < -0.4 is 5.73 Å². The topological polar surface area (TPSA) is 38.9 Å². The summed E-state index contributed by atoms with van der Waals surface area (Å²) in [5.74, 6) is -0.252. The number of aromatic nitrogens is 1. The highest BCUT2D eigenvalue weighted by atomic mass is 19.1. The van der Waals surface area contributed by atoms with Crippen LogP contribution in [0.15, 0.2) is 18.2 Å². The molecule has 0 saturated carbocycles. The Balaban J connectivity index is 2.29. The van der Waals surface area contributed by atoms with Gasteiger partial charge in [-0.15, -0.1) is 0 Å². The number of fused-ring (bicyclic) bond motifs is 2. The Morgan fingerprint density at radius 3 is 2.82 bits per heavy atom. The van der Waals surface area contributed by atoms with E-state index in [9.17, 15) is 4.39 Å². The normalized spacial score (nSPS) is 15.6. The largest absolute Gasteiger partial charge is 0.398 e. The molecule has 0 saturated heterocycles. The number of nitrogens with two attached hydrogens (primary N) is 1. The highest BCUT2D eigenvalue weighted by molar-refractivity contribution is 5.92. The molecule has 0 radical (unpaired) electrons. The molecule has 1 aliphatic carbocycles. The van der Waals surface area contributed by atoms with Crippen LogP contribution in [0.1, 0.15) is 30.5 Å². The van der Waals surface area contributed by atoms with Gasteiger partial charge >= 0.3 is 0 Å². The third kappa shape index (κ3) is 1.75. The number of pyridine rings is 1. The molecule has 2 nitrogen and oxygen atoms in total. The molecule has 0 atom stereocenters. The highest BCUT2D eigenvalue weighted by Gasteiger charge is 2.15. The third-order valence-corrected chi connectivity index (χ3v) is 3.52. The quantitative estimate of drug-likeness (QED) is 0.706. The molecule has 0 spiro atoms. The summed E-state index contributed by atoms with van der Waals surface area (Å²) in [6, 6.07) is 4.65. The zero-order valence-electron chi connectivity index (χ0n) is 9.67. The monoisotopic (exact) mass is 230 g/mol. The summed E-state index contributed by atoms with van der Waals surface area (Å²) >= 11 is 0. The first-order chi connectivity index (χ1) is 8.25. The van der Waals surface area contributed by atoms with Crippen molar-refractivity contribution in [3.05, 3.63) is 35.3 Å². The molecule has 2 N–H and O–H groups in total. The molecule has 1 aromatic carbocycles. The van der Waals surface area contributed by atoms with E-state index in [-0.39, 0.29) is 5.82 Å². The van der Waals surface area contributed by atoms with Crippen LogP contribution in [0.3, 0.4) is 0 Å². The standard InChI is InChI=1S/C14H15FN2/c15-9-6-7-11-13(8-9)17-12-5-3-1-2-4-10(12)14(11)16/h6-8H,1-5H2,(H2,16,17). The lowest BCUT2D eigenvalue weighted by Crippen LogP contribution is -2.03. The van der Waals surface area contributed by atoms with Crippen molar-refractivity contribution in [2.45, 2.75) is 32.1 Å². The predicted octanol–water partition coefficient (Wildman–Crippen LogP) is 3.23. The van der Waals surface area contributed by atoms with E-state index >= 15 is 0 Å². The Morgan fingerprint density at radius 2 is 1.94 bits per heavy atom. The minimum absolute atomic E-state index is 0.252. The van der Waals surface area contributed by atoms with Crippen molar-refractivity contribution in [3.63, 3.8) is 0 Å². The lowest BCUT2D eigenvalue weighted by molar-refractivity contribution is 0.629. The number of nitrogens with zero attached hydrogens (tertiary/aromatic N) is 1. The first-order valence-electron chi connectivity index (χ1n) is 6.12. The van der Waals surface area contributed by atoms with Gasteiger partial charge in [-0.1, -0.05) is 6.42 Å². The number of halogens is 1. The van der Waals surface area contributed by atoms with Gasteiger partial charge in [0.1, 0.15) is 5.82 Å². The van der Waals surface area contributed by atoms with E-state index in [1.54, 1.807) is 6.07 Å². The average molecular weight is 230 g/mol. The smallest absolute Gasteiger partial charge is 0.125 e. The number of anilines is 1. The molecule has 0 unspecified atom stereocenters. The lowest BCUT2D eigenvalue weighted by atomic mass is 10.0. The molecule has 3 rings (SSSR count). The second-order valence-electron chi connectivity index (χ2n) is 4.67. The summed E-state index contributed by atoms with van der Waals surface area (Å²) in [6.45, 7) is 0. The fourth-order valence-electron chi connectivity index (χ4n) is 2.61. The molecule has 0 fully saturated rings. The Bertz CT molecular complexity index is 578. The number of rotatable bonds is 0. The zero-order valence-corrected chi connectivity index (χ0v) is 9.67. The van der Waals surface area contributed by atoms with Gasteiger partial charge in [-0.3, -0.25) is 4.98 Å². The van der Waals surface area contributed by atoms with Crippen LogP contribution in [0.4, 0.5) is 10.1 Å². The molecule has 0 aliphatic heterocycles. The van der Waals surface area contributed by atoms with Crippen LogP contribution in [0, 0.1) is 5.82 Å². The van der Waals surface area contributed by atoms with Crippen LogP contribution in [-0.4, -0.2) is 4.98 Å². The van der Waals surface area contributed by atoms with Crippen molar-refractivity contribution in [2.75, 3.05) is 5.73 Å². The van der Waals surface area contributed by atoms with E-state index in [1.165, 1.54) is 30.5 Å². The van der Waals surface area contributed by atoms with Gasteiger partial charge in [-0.25, -0.2) is 4.39 Å². The van der Waals surface area contributed by atoms with E-state index in [0.717, 1.165) is 36.0 Å². The van der Waals surface area contributed by atoms with Crippen LogP contribution in [0.5, 0.6) is 0 Å². The molecule has 0 bridgehead atoms. The van der Waals surface area contributed by atoms with Gasteiger partial charge in [0.2, 0.25) is 0 Å². The molecule has 2 aromatic rings. The summed E-state index contributed by atoms with van der Waals surface area (Å²) < 4.78 is 13.2. The fraction of sp³-hybridized carbons (Fsp3) is 0.357. The van der Waals surface area contributed by atoms with Gasteiger partial charge in [0.05, 0.1) is 5.52 Å². The van der Waals surface area contributed by atoms with E-state index in [0.29, 0.717) is 5.52 Å². The van der Waals surface area contributed by atoms with Gasteiger partial charge in [-0.05, 0) is 43.4 Å². The Kier molecular flexibility index (Phi) is 2.46. The van der Waals surface area contributed by atoms with Gasteiger partial charge in [0.25, 0.3) is 0 Å². The summed E-state index contributed by atoms with van der Waals surface area (Å²) in [5.41, 5.74) is 9.93. The zero-order chi connectivity index (χ0) is 11.8. The first kappa shape index (κ1) is 10.5. The lowest BCUT2D eigenvalue weighted by Gasteiger charge is -2.11. The molecule has 0 amide bonds. The molecule has 1 aromatic heterocycles. The second kappa shape index (κ2) is 3.99. The van der Waals surface area contributed by atoms with E-state index < -0.39 is 0 Å². The number of benzene rings is 1. The SMILES string of the molecule is Nc1c2c(nc3cc(F)ccc13)CCCCC2. The molecular formula is C14H15FN2. The van der Waals surface area contributed by atoms with Crippen molar-refractivity contribution in [1.29, 1.82) is 0 Å². The first-order valence-corrected chi connectivity index (χ1v) is 6.12. The van der Waals surface area contributed by atoms with Crippen molar-refractivity contribution in [3.8, 4) is 0 Å². The molecule has 1 aliphatic rings. The van der Waals surface area contributed by atoms with Gasteiger partial charge < -0.3 is 5.73 Å². The van der Waals surface area contributed by atoms with Crippen molar-refractivity contribution in [2.24, 2.45) is 0 Å². The van der Waals surface area contributed by atoms with Crippen molar-refractivity contribution in [1.82, 2.24) is 4.98 Å². The van der Waals surface area contributed by atoms with Crippen LogP contribution >= 0.6 is 0 Å². The molecular weight excluding hydrogens is 215 g/mol. The highest BCUT2D eigenvalue weighted by Crippen LogP contribution is 2.30. The number of aryl methyl sites for hydroxylation is 1. The van der Waals surface area contributed by atoms with Crippen LogP contribution in [0.2, 0.25) is 0 Å². The van der Waals surface area contributed by atoms with E-state index in [1.807, 2.05) is 0 Å². The summed E-state index contributed by atoms with van der Waals surface area (Å²) in [7, 11) is 0. The maximum Gasteiger partial charge on any atom is 0.125 e. The van der Waals surface area contributed by atoms with E-state index in [2.05, 4.69) is 4.98 Å². The van der Waals surface area contributed by atoms with E-state index in [4.69, 9.17) is 5.73 Å². The molecule has 88 valence electrons. The maximum absolute atomic E-state index is 13.2. The van der Waals surface area contributed by atoms with Gasteiger partial charge in [0, 0.05) is 22.8 Å². The second-order valence-corrected chi connectivity index (χ2v) is 4.67. The number of hydrogen-bond donors (Lipinski definition) is 1. The summed E-state index contributed by atoms with van der Waals surface area (Å²) in [4.78, 5) is 4.58. The molecule has 17 heavy (non-hydrogen) atoms. The Hall–Kier alpha value is -1.64. The van der Waals surface area contributed by atoms with Gasteiger partial charge in [0.15, 0.2) is 0 Å². The van der Waals surface area contributed by atoms with Crippen molar-refractivity contribution < 1.29 is 4.39 Å². The minimum Gasteiger partial charge on any atom is -0.398 e. The third-order valence-electron chi connectivity index (χ3n) is 3.52.